The van der Waals surface area contributed by atoms with Gasteiger partial charge >= 0.3 is 0 Å². The molecule has 2 aromatic carbocycles. The van der Waals surface area contributed by atoms with Crippen molar-refractivity contribution in [2.45, 2.75) is 13.8 Å². The molecule has 0 aliphatic carbocycles. The van der Waals surface area contributed by atoms with E-state index in [0.29, 0.717) is 28.5 Å². The van der Waals surface area contributed by atoms with Crippen LogP contribution in [0.25, 0.3) is 10.2 Å². The second-order valence-corrected chi connectivity index (χ2v) is 8.20. The quantitative estimate of drug-likeness (QED) is 0.583. The SMILES string of the molecule is COc1ccc(OC)c2sc(N(CCN(C)C)C(=O)c3ccc(C)cc3C)nc12. The lowest BCUT2D eigenvalue weighted by Crippen LogP contribution is -2.37. The summed E-state index contributed by atoms with van der Waals surface area (Å²) in [5.41, 5.74) is 3.48. The average Bonchev–Trinajstić information content (AvgIpc) is 3.12. The number of anilines is 1. The number of aryl methyl sites for hydroxylation is 2. The first-order chi connectivity index (χ1) is 13.8. The third-order valence-corrected chi connectivity index (χ3v) is 5.85. The molecule has 3 rings (SSSR count). The molecule has 1 heterocycles. The van der Waals surface area contributed by atoms with Crippen molar-refractivity contribution in [3.8, 4) is 11.5 Å². The summed E-state index contributed by atoms with van der Waals surface area (Å²) in [6.45, 7) is 5.25. The van der Waals surface area contributed by atoms with Gasteiger partial charge in [0.05, 0.1) is 14.2 Å². The second kappa shape index (κ2) is 8.80. The number of thiazole rings is 1. The first-order valence-corrected chi connectivity index (χ1v) is 10.2. The molecule has 0 saturated heterocycles. The van der Waals surface area contributed by atoms with Gasteiger partial charge in [0.1, 0.15) is 21.7 Å². The van der Waals surface area contributed by atoms with Crippen molar-refractivity contribution in [3.63, 3.8) is 0 Å². The standard InChI is InChI=1S/C22H27N3O3S/c1-14-7-8-16(15(2)13-14)21(26)25(12-11-24(3)4)22-23-19-17(27-5)9-10-18(28-6)20(19)29-22/h7-10,13H,11-12H2,1-6H3. The molecule has 0 radical (unpaired) electrons. The van der Waals surface area contributed by atoms with Crippen molar-refractivity contribution in [1.29, 1.82) is 0 Å². The number of methoxy groups -OCH3 is 2. The van der Waals surface area contributed by atoms with E-state index in [1.807, 2.05) is 58.3 Å². The Kier molecular flexibility index (Phi) is 6.39. The highest BCUT2D eigenvalue weighted by Crippen LogP contribution is 2.40. The number of nitrogens with zero attached hydrogens (tertiary/aromatic N) is 3. The molecule has 6 nitrogen and oxygen atoms in total. The topological polar surface area (TPSA) is 54.9 Å². The maximum Gasteiger partial charge on any atom is 0.260 e. The molecule has 0 saturated carbocycles. The molecule has 3 aromatic rings. The molecule has 0 fully saturated rings. The molecule has 1 aromatic heterocycles. The summed E-state index contributed by atoms with van der Waals surface area (Å²) < 4.78 is 11.8. The van der Waals surface area contributed by atoms with Crippen LogP contribution in [0.3, 0.4) is 0 Å². The maximum atomic E-state index is 13.5. The normalized spacial score (nSPS) is 11.1. The fourth-order valence-corrected chi connectivity index (χ4v) is 4.27. The zero-order chi connectivity index (χ0) is 21.1. The molecule has 0 aliphatic rings. The Bertz CT molecular complexity index is 989. The summed E-state index contributed by atoms with van der Waals surface area (Å²) in [5, 5.41) is 0.634. The molecule has 0 unspecified atom stereocenters. The Morgan fingerprint density at radius 1 is 1.03 bits per heavy atom. The highest BCUT2D eigenvalue weighted by molar-refractivity contribution is 7.22. The summed E-state index contributed by atoms with van der Waals surface area (Å²) >= 11 is 1.44. The van der Waals surface area contributed by atoms with Crippen LogP contribution in [0.2, 0.25) is 0 Å². The minimum atomic E-state index is -0.0543. The molecular weight excluding hydrogens is 386 g/mol. The third kappa shape index (κ3) is 4.36. The van der Waals surface area contributed by atoms with Gasteiger partial charge in [-0.2, -0.15) is 0 Å². The largest absolute Gasteiger partial charge is 0.495 e. The molecule has 0 spiro atoms. The van der Waals surface area contributed by atoms with Crippen molar-refractivity contribution in [1.82, 2.24) is 9.88 Å². The third-order valence-electron chi connectivity index (χ3n) is 4.76. The van der Waals surface area contributed by atoms with Crippen molar-refractivity contribution < 1.29 is 14.3 Å². The number of hydrogen-bond donors (Lipinski definition) is 0. The van der Waals surface area contributed by atoms with E-state index < -0.39 is 0 Å². The summed E-state index contributed by atoms with van der Waals surface area (Å²) in [5.74, 6) is 1.33. The summed E-state index contributed by atoms with van der Waals surface area (Å²) in [6, 6.07) is 9.58. The highest BCUT2D eigenvalue weighted by atomic mass is 32.1. The zero-order valence-electron chi connectivity index (χ0n) is 17.8. The Morgan fingerprint density at radius 3 is 2.34 bits per heavy atom. The number of rotatable bonds is 7. The number of ether oxygens (including phenoxy) is 2. The first-order valence-electron chi connectivity index (χ1n) is 9.41. The second-order valence-electron chi connectivity index (χ2n) is 7.22. The van der Waals surface area contributed by atoms with E-state index >= 15 is 0 Å². The zero-order valence-corrected chi connectivity index (χ0v) is 18.6. The summed E-state index contributed by atoms with van der Waals surface area (Å²) in [4.78, 5) is 22.1. The molecule has 0 bridgehead atoms. The van der Waals surface area contributed by atoms with E-state index in [4.69, 9.17) is 14.5 Å². The lowest BCUT2D eigenvalue weighted by Gasteiger charge is -2.23. The predicted molar refractivity (Wildman–Crippen MR) is 119 cm³/mol. The van der Waals surface area contributed by atoms with Gasteiger partial charge in [-0.15, -0.1) is 0 Å². The highest BCUT2D eigenvalue weighted by Gasteiger charge is 2.24. The first kappa shape index (κ1) is 21.1. The Hall–Kier alpha value is -2.64. The molecular formula is C22H27N3O3S. The van der Waals surface area contributed by atoms with Crippen LogP contribution in [0.5, 0.6) is 11.5 Å². The van der Waals surface area contributed by atoms with Crippen LogP contribution < -0.4 is 14.4 Å². The molecule has 0 aliphatic heterocycles. The average molecular weight is 414 g/mol. The molecule has 1 amide bonds. The van der Waals surface area contributed by atoms with Gasteiger partial charge < -0.3 is 14.4 Å². The van der Waals surface area contributed by atoms with Crippen LogP contribution >= 0.6 is 11.3 Å². The van der Waals surface area contributed by atoms with E-state index in [0.717, 1.165) is 28.1 Å². The van der Waals surface area contributed by atoms with E-state index in [1.165, 1.54) is 11.3 Å². The lowest BCUT2D eigenvalue weighted by atomic mass is 10.0. The van der Waals surface area contributed by atoms with Crippen LogP contribution in [-0.2, 0) is 0 Å². The van der Waals surface area contributed by atoms with E-state index in [1.54, 1.807) is 19.1 Å². The fourth-order valence-electron chi connectivity index (χ4n) is 3.17. The minimum absolute atomic E-state index is 0.0543. The monoisotopic (exact) mass is 413 g/mol. The van der Waals surface area contributed by atoms with Crippen LogP contribution in [-0.4, -0.2) is 57.2 Å². The Labute approximate surface area is 175 Å². The van der Waals surface area contributed by atoms with Crippen molar-refractivity contribution in [2.24, 2.45) is 0 Å². The van der Waals surface area contributed by atoms with Gasteiger partial charge in [-0.05, 0) is 51.7 Å². The number of fused-ring (bicyclic) bond motifs is 1. The van der Waals surface area contributed by atoms with Crippen LogP contribution in [0, 0.1) is 13.8 Å². The number of benzene rings is 2. The predicted octanol–water partition coefficient (Wildman–Crippen LogP) is 4.14. The van der Waals surface area contributed by atoms with Gasteiger partial charge in [0.2, 0.25) is 0 Å². The van der Waals surface area contributed by atoms with E-state index in [2.05, 4.69) is 4.90 Å². The van der Waals surface area contributed by atoms with Crippen LogP contribution in [0.1, 0.15) is 21.5 Å². The van der Waals surface area contributed by atoms with Crippen molar-refractivity contribution in [2.75, 3.05) is 46.3 Å². The van der Waals surface area contributed by atoms with E-state index in [9.17, 15) is 4.79 Å². The van der Waals surface area contributed by atoms with Gasteiger partial charge in [0.25, 0.3) is 5.91 Å². The van der Waals surface area contributed by atoms with Crippen molar-refractivity contribution in [3.05, 3.63) is 47.0 Å². The minimum Gasteiger partial charge on any atom is -0.495 e. The molecule has 154 valence electrons. The smallest absolute Gasteiger partial charge is 0.260 e. The summed E-state index contributed by atoms with van der Waals surface area (Å²) in [7, 11) is 7.23. The molecule has 0 atom stereocenters. The number of hydrogen-bond acceptors (Lipinski definition) is 6. The number of carbonyl (C=O) groups excluding carboxylic acids is 1. The van der Waals surface area contributed by atoms with Crippen LogP contribution in [0.15, 0.2) is 30.3 Å². The van der Waals surface area contributed by atoms with Crippen LogP contribution in [0.4, 0.5) is 5.13 Å². The number of aromatic nitrogens is 1. The number of carbonyl (C=O) groups is 1. The maximum absolute atomic E-state index is 13.5. The Balaban J connectivity index is 2.10. The van der Waals surface area contributed by atoms with Gasteiger partial charge in [-0.1, -0.05) is 29.0 Å². The molecule has 29 heavy (non-hydrogen) atoms. The molecule has 7 heteroatoms. The van der Waals surface area contributed by atoms with E-state index in [-0.39, 0.29) is 5.91 Å². The molecule has 0 N–H and O–H groups in total. The van der Waals surface area contributed by atoms with Gasteiger partial charge in [-0.3, -0.25) is 9.69 Å². The summed E-state index contributed by atoms with van der Waals surface area (Å²) in [6.07, 6.45) is 0. The number of likely N-dealkylation sites (N-methyl/N-ethyl adjacent to an activating group) is 1. The van der Waals surface area contributed by atoms with Crippen molar-refractivity contribution >= 4 is 32.6 Å². The lowest BCUT2D eigenvalue weighted by molar-refractivity contribution is 0.0984. The van der Waals surface area contributed by atoms with Gasteiger partial charge in [0.15, 0.2) is 5.13 Å². The van der Waals surface area contributed by atoms with Gasteiger partial charge in [0, 0.05) is 18.7 Å². The van der Waals surface area contributed by atoms with Gasteiger partial charge in [-0.25, -0.2) is 4.98 Å². The number of amides is 1. The fraction of sp³-hybridized carbons (Fsp3) is 0.364. The Morgan fingerprint density at radius 2 is 1.72 bits per heavy atom.